The van der Waals surface area contributed by atoms with Crippen LogP contribution in [0.2, 0.25) is 0 Å². The van der Waals surface area contributed by atoms with E-state index >= 15 is 0 Å². The Balaban J connectivity index is 2.13. The van der Waals surface area contributed by atoms with Crippen molar-refractivity contribution in [3.63, 3.8) is 0 Å². The molecule has 0 amide bonds. The number of carbonyl (C=O) groups is 2. The lowest BCUT2D eigenvalue weighted by Gasteiger charge is -2.14. The van der Waals surface area contributed by atoms with Gasteiger partial charge in [0.25, 0.3) is 5.78 Å². The molecule has 0 spiro atoms. The van der Waals surface area contributed by atoms with Crippen LogP contribution in [0.1, 0.15) is 5.56 Å². The van der Waals surface area contributed by atoms with Crippen LogP contribution in [0, 0.1) is 0 Å². The number of methoxy groups -OCH3 is 1. The van der Waals surface area contributed by atoms with Crippen LogP contribution < -0.4 is 0 Å². The molecule has 1 atom stereocenters. The second kappa shape index (κ2) is 7.34. The molecule has 0 aromatic heterocycles. The Morgan fingerprint density at radius 1 is 1.15 bits per heavy atom. The lowest BCUT2D eigenvalue weighted by Crippen LogP contribution is -2.49. The number of nitrogens with zero attached hydrogens (tertiary/aromatic N) is 1. The Morgan fingerprint density at radius 2 is 1.78 bits per heavy atom. The van der Waals surface area contributed by atoms with E-state index < -0.39 is 34.8 Å². The quantitative estimate of drug-likeness (QED) is 0.335. The summed E-state index contributed by atoms with van der Waals surface area (Å²) in [4.78, 5) is 28.9. The molecule has 0 aliphatic carbocycles. The number of hydrogen-bond acceptors (Lipinski definition) is 7. The van der Waals surface area contributed by atoms with Gasteiger partial charge in [0.05, 0.1) is 12.8 Å². The predicted molar refractivity (Wildman–Crippen MR) is 100 cm³/mol. The first-order chi connectivity index (χ1) is 12.9. The Kier molecular flexibility index (Phi) is 5.11. The molecule has 1 saturated heterocycles. The number of para-hydroxylation sites is 1. The van der Waals surface area contributed by atoms with E-state index in [4.69, 9.17) is 4.74 Å². The number of aliphatic hydroxyl groups excluding tert-OH is 1. The second-order valence-electron chi connectivity index (χ2n) is 5.57. The van der Waals surface area contributed by atoms with Gasteiger partial charge in [0.1, 0.15) is 0 Å². The van der Waals surface area contributed by atoms with Crippen molar-refractivity contribution < 1.29 is 29.3 Å². The third-order valence-corrected chi connectivity index (χ3v) is 4.37. The molecule has 2 aromatic rings. The molecule has 8 heteroatoms. The van der Waals surface area contributed by atoms with Crippen molar-refractivity contribution in [2.45, 2.75) is 5.60 Å². The number of ether oxygens (including phenoxy) is 2. The number of aliphatic imine (C=N–C) groups is 1. The van der Waals surface area contributed by atoms with Gasteiger partial charge in [-0.25, -0.2) is 9.79 Å². The summed E-state index contributed by atoms with van der Waals surface area (Å²) in [5.74, 6) is -4.15. The number of hydrogen-bond donors (Lipinski definition) is 2. The second-order valence-corrected chi connectivity index (χ2v) is 6.49. The van der Waals surface area contributed by atoms with Gasteiger partial charge in [-0.2, -0.15) is 0 Å². The fourth-order valence-electron chi connectivity index (χ4n) is 2.42. The van der Waals surface area contributed by atoms with E-state index in [0.29, 0.717) is 5.69 Å². The van der Waals surface area contributed by atoms with Gasteiger partial charge in [0.2, 0.25) is 11.7 Å². The molecule has 3 rings (SSSR count). The largest absolute Gasteiger partial charge is 0.504 e. The summed E-state index contributed by atoms with van der Waals surface area (Å²) in [6.07, 6.45) is 0. The Labute approximate surface area is 162 Å². The summed E-state index contributed by atoms with van der Waals surface area (Å²) in [6, 6.07) is 14.7. The van der Waals surface area contributed by atoms with E-state index in [1.165, 1.54) is 12.1 Å². The lowest BCUT2D eigenvalue weighted by atomic mass is 9.98. The molecule has 7 nitrogen and oxygen atoms in total. The third kappa shape index (κ3) is 3.36. The van der Waals surface area contributed by atoms with Gasteiger partial charge in [-0.05, 0) is 24.3 Å². The van der Waals surface area contributed by atoms with Crippen LogP contribution in [-0.2, 0) is 19.1 Å². The highest BCUT2D eigenvalue weighted by molar-refractivity contribution is 9.10. The molecule has 1 aliphatic rings. The van der Waals surface area contributed by atoms with Crippen molar-refractivity contribution in [1.29, 1.82) is 0 Å². The van der Waals surface area contributed by atoms with Gasteiger partial charge in [0, 0.05) is 10.0 Å². The zero-order valence-electron chi connectivity index (χ0n) is 14.0. The first kappa shape index (κ1) is 18.8. The van der Waals surface area contributed by atoms with E-state index in [2.05, 4.69) is 25.7 Å². The normalized spacial score (nSPS) is 22.5. The monoisotopic (exact) mass is 431 g/mol. The molecule has 1 unspecified atom stereocenters. The summed E-state index contributed by atoms with van der Waals surface area (Å²) >= 11 is 3.27. The standard InChI is InChI=1S/C19H14BrNO6/c1-26-18(24)19(25)16(23)15(14(22)11-7-9-12(20)10-8-11)27-17(19)21-13-5-3-2-4-6-13/h2-10,22,25H,1H3/b15-14-,21-17?. The number of halogens is 1. The van der Waals surface area contributed by atoms with Crippen LogP contribution in [0.15, 0.2) is 69.8 Å². The molecule has 1 fully saturated rings. The topological polar surface area (TPSA) is 105 Å². The number of aliphatic hydroxyl groups is 2. The Hall–Kier alpha value is -2.97. The SMILES string of the molecule is COC(=O)C1(O)C(=O)/C(=C(/O)c2ccc(Br)cc2)OC1=Nc1ccccc1. The van der Waals surface area contributed by atoms with Crippen LogP contribution in [0.25, 0.3) is 5.76 Å². The first-order valence-corrected chi connectivity index (χ1v) is 8.54. The number of esters is 1. The zero-order valence-corrected chi connectivity index (χ0v) is 15.6. The fourth-order valence-corrected chi connectivity index (χ4v) is 2.69. The molecular weight excluding hydrogens is 418 g/mol. The highest BCUT2D eigenvalue weighted by Crippen LogP contribution is 2.33. The number of rotatable bonds is 3. The van der Waals surface area contributed by atoms with E-state index in [0.717, 1.165) is 11.6 Å². The third-order valence-electron chi connectivity index (χ3n) is 3.84. The average Bonchev–Trinajstić information content (AvgIpc) is 2.94. The van der Waals surface area contributed by atoms with Crippen LogP contribution in [0.3, 0.4) is 0 Å². The summed E-state index contributed by atoms with van der Waals surface area (Å²) < 4.78 is 10.6. The molecule has 0 saturated carbocycles. The van der Waals surface area contributed by atoms with Crippen LogP contribution in [0.5, 0.6) is 0 Å². The summed E-state index contributed by atoms with van der Waals surface area (Å²) in [6.45, 7) is 0. The van der Waals surface area contributed by atoms with Crippen molar-refractivity contribution in [3.8, 4) is 0 Å². The van der Waals surface area contributed by atoms with E-state index in [1.807, 2.05) is 0 Å². The van der Waals surface area contributed by atoms with E-state index in [9.17, 15) is 19.8 Å². The number of ketones is 1. The minimum absolute atomic E-state index is 0.259. The minimum Gasteiger partial charge on any atom is -0.504 e. The highest BCUT2D eigenvalue weighted by atomic mass is 79.9. The summed E-state index contributed by atoms with van der Waals surface area (Å²) in [5, 5.41) is 21.2. The van der Waals surface area contributed by atoms with Gasteiger partial charge in [-0.1, -0.05) is 46.3 Å². The maximum absolute atomic E-state index is 12.7. The molecule has 1 aliphatic heterocycles. The zero-order chi connectivity index (χ0) is 19.6. The van der Waals surface area contributed by atoms with Crippen LogP contribution >= 0.6 is 15.9 Å². The molecule has 2 N–H and O–H groups in total. The number of carbonyl (C=O) groups excluding carboxylic acids is 2. The Bertz CT molecular complexity index is 952. The molecule has 138 valence electrons. The van der Waals surface area contributed by atoms with E-state index in [-0.39, 0.29) is 5.56 Å². The molecule has 0 bridgehead atoms. The summed E-state index contributed by atoms with van der Waals surface area (Å²) in [7, 11) is 1.02. The van der Waals surface area contributed by atoms with E-state index in [1.54, 1.807) is 42.5 Å². The maximum atomic E-state index is 12.7. The van der Waals surface area contributed by atoms with Gasteiger partial charge >= 0.3 is 11.6 Å². The smallest absolute Gasteiger partial charge is 0.356 e. The van der Waals surface area contributed by atoms with Crippen LogP contribution in [-0.4, -0.2) is 40.6 Å². The fraction of sp³-hybridized carbons (Fsp3) is 0.105. The first-order valence-electron chi connectivity index (χ1n) is 7.74. The average molecular weight is 432 g/mol. The molecule has 27 heavy (non-hydrogen) atoms. The molecule has 2 aromatic carbocycles. The highest BCUT2D eigenvalue weighted by Gasteiger charge is 2.60. The van der Waals surface area contributed by atoms with Gasteiger partial charge in [-0.3, -0.25) is 4.79 Å². The van der Waals surface area contributed by atoms with Gasteiger partial charge in [0.15, 0.2) is 5.76 Å². The number of benzene rings is 2. The lowest BCUT2D eigenvalue weighted by molar-refractivity contribution is -0.158. The minimum atomic E-state index is -2.79. The molecule has 1 heterocycles. The van der Waals surface area contributed by atoms with Gasteiger partial charge < -0.3 is 19.7 Å². The van der Waals surface area contributed by atoms with Crippen molar-refractivity contribution >= 4 is 45.0 Å². The predicted octanol–water partition coefficient (Wildman–Crippen LogP) is 2.91. The maximum Gasteiger partial charge on any atom is 0.356 e. The van der Waals surface area contributed by atoms with Gasteiger partial charge in [-0.15, -0.1) is 0 Å². The van der Waals surface area contributed by atoms with Crippen molar-refractivity contribution in [2.75, 3.05) is 7.11 Å². The summed E-state index contributed by atoms with van der Waals surface area (Å²) in [5.41, 5.74) is -2.19. The van der Waals surface area contributed by atoms with Crippen molar-refractivity contribution in [3.05, 3.63) is 70.4 Å². The number of Topliss-reactive ketones (excluding diaryl/α,β-unsaturated/α-hetero) is 1. The molecular formula is C19H14BrNO6. The van der Waals surface area contributed by atoms with Crippen LogP contribution in [0.4, 0.5) is 5.69 Å². The van der Waals surface area contributed by atoms with Crippen molar-refractivity contribution in [1.82, 2.24) is 0 Å². The van der Waals surface area contributed by atoms with Crippen molar-refractivity contribution in [2.24, 2.45) is 4.99 Å². The molecule has 0 radical (unpaired) electrons. The Morgan fingerprint density at radius 3 is 2.37 bits per heavy atom.